The average molecular weight is 513 g/mol. The molecule has 1 unspecified atom stereocenters. The first-order chi connectivity index (χ1) is 16.3. The highest BCUT2D eigenvalue weighted by Crippen LogP contribution is 2.43. The fraction of sp³-hybridized carbons (Fsp3) is 0.680. The van der Waals surface area contributed by atoms with E-state index in [1.54, 1.807) is 19.9 Å². The molecule has 35 heavy (non-hydrogen) atoms. The molecule has 4 N–H and O–H groups in total. The smallest absolute Gasteiger partial charge is 0.327 e. The number of fused-ring (bicyclic) bond motifs is 1. The van der Waals surface area contributed by atoms with Crippen LogP contribution in [0.15, 0.2) is 18.2 Å². The number of aliphatic hydroxyl groups is 1. The lowest BCUT2D eigenvalue weighted by molar-refractivity contribution is -0.131. The second kappa shape index (κ2) is 13.5. The normalized spacial score (nSPS) is 18.7. The quantitative estimate of drug-likeness (QED) is 0.406. The minimum atomic E-state index is -2.40. The summed E-state index contributed by atoms with van der Waals surface area (Å²) in [7, 11) is -1.40. The molecule has 0 spiro atoms. The molecule has 1 aromatic carbocycles. The van der Waals surface area contributed by atoms with Crippen LogP contribution in [-0.4, -0.2) is 57.9 Å². The van der Waals surface area contributed by atoms with Crippen LogP contribution < -0.4 is 10.1 Å². The topological polar surface area (TPSA) is 141 Å². The van der Waals surface area contributed by atoms with Crippen molar-refractivity contribution in [1.82, 2.24) is 5.32 Å². The maximum atomic E-state index is 10.1. The summed E-state index contributed by atoms with van der Waals surface area (Å²) >= 11 is 0. The van der Waals surface area contributed by atoms with Gasteiger partial charge in [-0.15, -0.1) is 0 Å². The van der Waals surface area contributed by atoms with Gasteiger partial charge < -0.3 is 34.2 Å². The molecule has 2 heterocycles. The van der Waals surface area contributed by atoms with Crippen LogP contribution in [-0.2, 0) is 20.5 Å². The van der Waals surface area contributed by atoms with Gasteiger partial charge in [0, 0.05) is 26.0 Å². The number of ether oxygens (including phenoxy) is 2. The Morgan fingerprint density at radius 3 is 2.40 bits per heavy atom. The lowest BCUT2D eigenvalue weighted by atomic mass is 9.73. The average Bonchev–Trinajstić information content (AvgIpc) is 3.23. The Labute approximate surface area is 210 Å². The van der Waals surface area contributed by atoms with Gasteiger partial charge >= 0.3 is 8.60 Å². The molecule has 0 aliphatic carbocycles. The van der Waals surface area contributed by atoms with Gasteiger partial charge in [0.25, 0.3) is 0 Å². The van der Waals surface area contributed by atoms with Crippen molar-refractivity contribution in [3.05, 3.63) is 29.3 Å². The molecule has 2 aliphatic heterocycles. The third-order valence-corrected chi connectivity index (χ3v) is 6.73. The molecule has 1 aromatic rings. The van der Waals surface area contributed by atoms with Gasteiger partial charge in [-0.3, -0.25) is 4.79 Å². The Kier molecular flexibility index (Phi) is 12.0. The van der Waals surface area contributed by atoms with E-state index < -0.39 is 25.4 Å². The fourth-order valence-corrected chi connectivity index (χ4v) is 4.84. The van der Waals surface area contributed by atoms with Gasteiger partial charge in [-0.2, -0.15) is 5.26 Å². The Morgan fingerprint density at radius 2 is 1.91 bits per heavy atom. The largest absolute Gasteiger partial charge is 0.487 e. The first-order valence-electron chi connectivity index (χ1n) is 11.7. The van der Waals surface area contributed by atoms with Gasteiger partial charge in [0.05, 0.1) is 29.4 Å². The van der Waals surface area contributed by atoms with Gasteiger partial charge in [-0.1, -0.05) is 0 Å². The third-order valence-electron chi connectivity index (χ3n) is 6.07. The maximum absolute atomic E-state index is 10.1. The van der Waals surface area contributed by atoms with Gasteiger partial charge in [0.2, 0.25) is 5.91 Å². The predicted octanol–water partition coefficient (Wildman–Crippen LogP) is 3.58. The number of aliphatic hydroxyl groups excluding tert-OH is 1. The molecule has 3 rings (SSSR count). The molecule has 0 bridgehead atoms. The van der Waals surface area contributed by atoms with Crippen LogP contribution in [0.3, 0.4) is 0 Å². The van der Waals surface area contributed by atoms with Crippen LogP contribution in [0.4, 0.5) is 0 Å². The second-order valence-electron chi connectivity index (χ2n) is 10.2. The predicted molar refractivity (Wildman–Crippen MR) is 135 cm³/mol. The lowest BCUT2D eigenvalue weighted by Gasteiger charge is -2.47. The molecule has 10 heteroatoms. The molecule has 1 fully saturated rings. The molecule has 9 nitrogen and oxygen atoms in total. The summed E-state index contributed by atoms with van der Waals surface area (Å²) in [6.07, 6.45) is 3.04. The second-order valence-corrected chi connectivity index (χ2v) is 10.8. The summed E-state index contributed by atoms with van der Waals surface area (Å²) in [5.74, 6) is 1.10. The summed E-state index contributed by atoms with van der Waals surface area (Å²) in [5.41, 5.74) is 0.0467. The van der Waals surface area contributed by atoms with E-state index in [9.17, 15) is 4.79 Å². The minimum absolute atomic E-state index is 0.0725. The van der Waals surface area contributed by atoms with Crippen molar-refractivity contribution >= 4 is 14.5 Å². The van der Waals surface area contributed by atoms with E-state index >= 15 is 0 Å². The van der Waals surface area contributed by atoms with Gasteiger partial charge in [-0.25, -0.2) is 0 Å². The van der Waals surface area contributed by atoms with E-state index in [1.807, 2.05) is 26.0 Å². The number of nitrogens with one attached hydrogen (secondary N) is 1. The van der Waals surface area contributed by atoms with Crippen molar-refractivity contribution < 1.29 is 33.7 Å². The van der Waals surface area contributed by atoms with E-state index in [-0.39, 0.29) is 11.8 Å². The fourth-order valence-electron chi connectivity index (χ4n) is 4.30. The number of amides is 1. The first-order valence-corrected chi connectivity index (χ1v) is 12.9. The summed E-state index contributed by atoms with van der Waals surface area (Å²) in [6, 6.07) is 7.70. The highest BCUT2D eigenvalue weighted by molar-refractivity contribution is 7.39. The molecule has 0 saturated carbocycles. The van der Waals surface area contributed by atoms with E-state index in [0.29, 0.717) is 18.6 Å². The number of carbonyl (C=O) groups excluding carboxylic acids is 1. The number of nitriles is 1. The van der Waals surface area contributed by atoms with Crippen molar-refractivity contribution in [3.8, 4) is 11.8 Å². The molecular formula is C25H41N2O7P. The van der Waals surface area contributed by atoms with E-state index in [1.165, 1.54) is 0 Å². The van der Waals surface area contributed by atoms with Crippen LogP contribution in [0.5, 0.6) is 5.75 Å². The van der Waals surface area contributed by atoms with Crippen LogP contribution in [0.25, 0.3) is 0 Å². The van der Waals surface area contributed by atoms with Crippen LogP contribution in [0.1, 0.15) is 71.9 Å². The maximum Gasteiger partial charge on any atom is 0.327 e. The molecule has 0 radical (unpaired) electrons. The third kappa shape index (κ3) is 10.0. The van der Waals surface area contributed by atoms with Crippen LogP contribution in [0.2, 0.25) is 0 Å². The molecule has 1 amide bonds. The Hall–Kier alpha value is -1.79. The molecule has 1 saturated heterocycles. The molecular weight excluding hydrogens is 471 g/mol. The minimum Gasteiger partial charge on any atom is -0.487 e. The van der Waals surface area contributed by atoms with Gasteiger partial charge in [0.15, 0.2) is 0 Å². The Bertz CT molecular complexity index is 858. The van der Waals surface area contributed by atoms with Crippen molar-refractivity contribution in [2.75, 3.05) is 20.3 Å². The van der Waals surface area contributed by atoms with Crippen LogP contribution >= 0.6 is 8.60 Å². The lowest BCUT2D eigenvalue weighted by Crippen LogP contribution is -2.53. The number of hydrogen-bond donors (Lipinski definition) is 4. The monoisotopic (exact) mass is 512 g/mol. The summed E-state index contributed by atoms with van der Waals surface area (Å²) in [5, 5.41) is 18.8. The van der Waals surface area contributed by atoms with Crippen LogP contribution in [0, 0.1) is 17.2 Å². The molecule has 198 valence electrons. The number of nitrogens with zero attached hydrogens (tertiary/aromatic N) is 1. The van der Waals surface area contributed by atoms with Gasteiger partial charge in [-0.05, 0) is 84.6 Å². The zero-order valence-corrected chi connectivity index (χ0v) is 22.8. The van der Waals surface area contributed by atoms with Gasteiger partial charge in [0.1, 0.15) is 11.4 Å². The molecule has 0 aromatic heterocycles. The zero-order valence-electron chi connectivity index (χ0n) is 21.9. The molecule has 1 atom stereocenters. The zero-order chi connectivity index (χ0) is 26.9. The van der Waals surface area contributed by atoms with Crippen molar-refractivity contribution in [3.63, 3.8) is 0 Å². The summed E-state index contributed by atoms with van der Waals surface area (Å²) < 4.78 is 17.6. The van der Waals surface area contributed by atoms with E-state index in [2.05, 4.69) is 25.2 Å². The highest BCUT2D eigenvalue weighted by Gasteiger charge is 2.46. The SMILES string of the molecule is CC(C)(CCOC(C)(C)C1Cc2cc(C#N)ccc2OC1(C)C)OP(O)O.CO.O=C1CCCN1. The number of rotatable bonds is 7. The van der Waals surface area contributed by atoms with E-state index in [0.717, 1.165) is 44.2 Å². The Balaban J connectivity index is 0.000000654. The summed E-state index contributed by atoms with van der Waals surface area (Å²) in [4.78, 5) is 28.3. The van der Waals surface area contributed by atoms with Crippen molar-refractivity contribution in [1.29, 1.82) is 5.26 Å². The number of carbonyl (C=O) groups is 1. The van der Waals surface area contributed by atoms with Crippen molar-refractivity contribution in [2.45, 2.75) is 84.0 Å². The molecule has 2 aliphatic rings. The summed E-state index contributed by atoms with van der Waals surface area (Å²) in [6.45, 7) is 13.1. The highest BCUT2D eigenvalue weighted by atomic mass is 31.2. The number of benzene rings is 1. The Morgan fingerprint density at radius 1 is 1.26 bits per heavy atom. The van der Waals surface area contributed by atoms with E-state index in [4.69, 9.17) is 34.2 Å². The van der Waals surface area contributed by atoms with Crippen molar-refractivity contribution in [2.24, 2.45) is 5.92 Å². The number of hydrogen-bond acceptors (Lipinski definition) is 8. The first kappa shape index (κ1) is 31.2. The standard InChI is InChI=1S/C20H30NO5P.C4H7NO.CH4O/c1-18(2,26-27(22)23)9-10-24-19(3,4)17-12-15-11-14(13-21)7-8-16(15)25-20(17,5)6;6-4-2-1-3-5-4;1-2/h7-8,11,17,22-23H,9-10,12H2,1-6H3;1-3H2,(H,5,6);2H,1H3.